The molecule has 1 aromatic carbocycles. The van der Waals surface area contributed by atoms with Crippen molar-refractivity contribution in [2.45, 2.75) is 64.8 Å². The molecule has 1 aromatic rings. The lowest BCUT2D eigenvalue weighted by Gasteiger charge is -2.40. The molecule has 2 N–H and O–H groups in total. The van der Waals surface area contributed by atoms with Gasteiger partial charge < -0.3 is 5.73 Å². The zero-order valence-corrected chi connectivity index (χ0v) is 13.2. The SMILES string of the molecule is CC1CCC(N)(c2ccc(C(C)(C)C)cc2)CC1C. The third kappa shape index (κ3) is 3.02. The zero-order valence-electron chi connectivity index (χ0n) is 13.2. The zero-order chi connectivity index (χ0) is 14.3. The maximum absolute atomic E-state index is 6.69. The molecule has 3 atom stereocenters. The molecule has 1 fully saturated rings. The number of hydrogen-bond donors (Lipinski definition) is 1. The summed E-state index contributed by atoms with van der Waals surface area (Å²) in [5.74, 6) is 1.53. The van der Waals surface area contributed by atoms with Gasteiger partial charge in [0.25, 0.3) is 0 Å². The van der Waals surface area contributed by atoms with Crippen LogP contribution in [0.1, 0.15) is 65.0 Å². The van der Waals surface area contributed by atoms with Gasteiger partial charge in [0.15, 0.2) is 0 Å². The Morgan fingerprint density at radius 1 is 1.05 bits per heavy atom. The van der Waals surface area contributed by atoms with Gasteiger partial charge in [0.2, 0.25) is 0 Å². The van der Waals surface area contributed by atoms with Crippen molar-refractivity contribution in [1.82, 2.24) is 0 Å². The van der Waals surface area contributed by atoms with E-state index in [0.29, 0.717) is 0 Å². The Morgan fingerprint density at radius 2 is 1.63 bits per heavy atom. The van der Waals surface area contributed by atoms with Crippen LogP contribution in [0.3, 0.4) is 0 Å². The second kappa shape index (κ2) is 4.94. The molecule has 0 aliphatic heterocycles. The first-order valence-corrected chi connectivity index (χ1v) is 7.62. The molecule has 0 heterocycles. The van der Waals surface area contributed by atoms with Crippen LogP contribution in [0.5, 0.6) is 0 Å². The van der Waals surface area contributed by atoms with Crippen LogP contribution in [-0.4, -0.2) is 0 Å². The molecule has 1 heteroatoms. The summed E-state index contributed by atoms with van der Waals surface area (Å²) in [5, 5.41) is 0. The lowest BCUT2D eigenvalue weighted by Crippen LogP contribution is -2.43. The molecule has 2 rings (SSSR count). The standard InChI is InChI=1S/C18H29N/c1-13-10-11-18(19,12-14(13)2)16-8-6-15(7-9-16)17(3,4)5/h6-9,13-14H,10-12,19H2,1-5H3. The topological polar surface area (TPSA) is 26.0 Å². The highest BCUT2D eigenvalue weighted by molar-refractivity contribution is 5.32. The molecular weight excluding hydrogens is 230 g/mol. The quantitative estimate of drug-likeness (QED) is 0.784. The van der Waals surface area contributed by atoms with Crippen molar-refractivity contribution < 1.29 is 0 Å². The van der Waals surface area contributed by atoms with E-state index in [9.17, 15) is 0 Å². The Hall–Kier alpha value is -0.820. The Morgan fingerprint density at radius 3 is 2.11 bits per heavy atom. The van der Waals surface area contributed by atoms with Crippen LogP contribution in [0, 0.1) is 11.8 Å². The Kier molecular flexibility index (Phi) is 3.79. The van der Waals surface area contributed by atoms with Gasteiger partial charge in [0, 0.05) is 5.54 Å². The smallest absolute Gasteiger partial charge is 0.0412 e. The number of benzene rings is 1. The van der Waals surface area contributed by atoms with Crippen LogP contribution in [0.4, 0.5) is 0 Å². The fraction of sp³-hybridized carbons (Fsp3) is 0.667. The van der Waals surface area contributed by atoms with Gasteiger partial charge in [-0.1, -0.05) is 58.9 Å². The summed E-state index contributed by atoms with van der Waals surface area (Å²) in [4.78, 5) is 0. The van der Waals surface area contributed by atoms with Gasteiger partial charge in [-0.2, -0.15) is 0 Å². The Labute approximate surface area is 118 Å². The van der Waals surface area contributed by atoms with Crippen molar-refractivity contribution in [3.63, 3.8) is 0 Å². The average Bonchev–Trinajstić information content (AvgIpc) is 2.34. The van der Waals surface area contributed by atoms with E-state index in [1.54, 1.807) is 0 Å². The third-order valence-corrected chi connectivity index (χ3v) is 5.03. The number of nitrogens with two attached hydrogens (primary N) is 1. The second-order valence-electron chi connectivity index (χ2n) is 7.68. The maximum Gasteiger partial charge on any atom is 0.0412 e. The van der Waals surface area contributed by atoms with E-state index in [1.165, 1.54) is 17.5 Å². The van der Waals surface area contributed by atoms with Crippen molar-refractivity contribution in [2.24, 2.45) is 17.6 Å². The van der Waals surface area contributed by atoms with Crippen LogP contribution >= 0.6 is 0 Å². The molecular formula is C18H29N. The van der Waals surface area contributed by atoms with Gasteiger partial charge >= 0.3 is 0 Å². The van der Waals surface area contributed by atoms with Crippen molar-refractivity contribution in [1.29, 1.82) is 0 Å². The van der Waals surface area contributed by atoms with Gasteiger partial charge in [-0.15, -0.1) is 0 Å². The van der Waals surface area contributed by atoms with E-state index in [1.807, 2.05) is 0 Å². The molecule has 0 saturated heterocycles. The van der Waals surface area contributed by atoms with E-state index in [4.69, 9.17) is 5.73 Å². The van der Waals surface area contributed by atoms with E-state index in [2.05, 4.69) is 58.9 Å². The summed E-state index contributed by atoms with van der Waals surface area (Å²) in [6, 6.07) is 9.02. The second-order valence-corrected chi connectivity index (χ2v) is 7.68. The van der Waals surface area contributed by atoms with Crippen molar-refractivity contribution in [2.75, 3.05) is 0 Å². The van der Waals surface area contributed by atoms with Crippen LogP contribution in [0.25, 0.3) is 0 Å². The summed E-state index contributed by atoms with van der Waals surface area (Å²) in [6.45, 7) is 11.5. The van der Waals surface area contributed by atoms with Gasteiger partial charge in [0.05, 0.1) is 0 Å². The van der Waals surface area contributed by atoms with Crippen molar-refractivity contribution in [3.05, 3.63) is 35.4 Å². The third-order valence-electron chi connectivity index (χ3n) is 5.03. The average molecular weight is 259 g/mol. The lowest BCUT2D eigenvalue weighted by atomic mass is 9.68. The minimum Gasteiger partial charge on any atom is -0.321 e. The Balaban J connectivity index is 2.22. The van der Waals surface area contributed by atoms with Gasteiger partial charge in [0.1, 0.15) is 0 Å². The summed E-state index contributed by atoms with van der Waals surface area (Å²) in [7, 11) is 0. The monoisotopic (exact) mass is 259 g/mol. The van der Waals surface area contributed by atoms with Crippen LogP contribution in [0.15, 0.2) is 24.3 Å². The summed E-state index contributed by atoms with van der Waals surface area (Å²) in [5.41, 5.74) is 9.51. The molecule has 1 aliphatic carbocycles. The molecule has 1 aliphatic rings. The highest BCUT2D eigenvalue weighted by atomic mass is 14.8. The molecule has 0 spiro atoms. The molecule has 0 radical (unpaired) electrons. The van der Waals surface area contributed by atoms with Crippen LogP contribution in [0.2, 0.25) is 0 Å². The number of hydrogen-bond acceptors (Lipinski definition) is 1. The fourth-order valence-corrected chi connectivity index (χ4v) is 3.21. The first-order chi connectivity index (χ1) is 8.72. The van der Waals surface area contributed by atoms with Gasteiger partial charge in [-0.3, -0.25) is 0 Å². The number of rotatable bonds is 1. The molecule has 0 amide bonds. The molecule has 1 saturated carbocycles. The first-order valence-electron chi connectivity index (χ1n) is 7.62. The molecule has 3 unspecified atom stereocenters. The van der Waals surface area contributed by atoms with E-state index in [0.717, 1.165) is 24.7 Å². The predicted octanol–water partition coefficient (Wildman–Crippen LogP) is 4.59. The fourth-order valence-electron chi connectivity index (χ4n) is 3.21. The van der Waals surface area contributed by atoms with Crippen LogP contribution < -0.4 is 5.73 Å². The normalized spacial score (nSPS) is 32.3. The summed E-state index contributed by atoms with van der Waals surface area (Å²) >= 11 is 0. The van der Waals surface area contributed by atoms with Crippen LogP contribution in [-0.2, 0) is 11.0 Å². The van der Waals surface area contributed by atoms with E-state index >= 15 is 0 Å². The highest BCUT2D eigenvalue weighted by Crippen LogP contribution is 2.41. The Bertz CT molecular complexity index is 426. The summed E-state index contributed by atoms with van der Waals surface area (Å²) in [6.07, 6.45) is 3.48. The predicted molar refractivity (Wildman–Crippen MR) is 83.2 cm³/mol. The van der Waals surface area contributed by atoms with Crippen molar-refractivity contribution >= 4 is 0 Å². The molecule has 0 bridgehead atoms. The largest absolute Gasteiger partial charge is 0.321 e. The lowest BCUT2D eigenvalue weighted by molar-refractivity contribution is 0.177. The minimum absolute atomic E-state index is 0.109. The van der Waals surface area contributed by atoms with E-state index < -0.39 is 0 Å². The minimum atomic E-state index is -0.109. The van der Waals surface area contributed by atoms with Gasteiger partial charge in [-0.05, 0) is 47.6 Å². The van der Waals surface area contributed by atoms with E-state index in [-0.39, 0.29) is 11.0 Å². The maximum atomic E-state index is 6.69. The first kappa shape index (κ1) is 14.6. The van der Waals surface area contributed by atoms with Gasteiger partial charge in [-0.25, -0.2) is 0 Å². The van der Waals surface area contributed by atoms with Crippen molar-refractivity contribution in [3.8, 4) is 0 Å². The molecule has 19 heavy (non-hydrogen) atoms. The highest BCUT2D eigenvalue weighted by Gasteiger charge is 2.35. The molecule has 1 nitrogen and oxygen atoms in total. The molecule has 0 aromatic heterocycles. The summed E-state index contributed by atoms with van der Waals surface area (Å²) < 4.78 is 0. The molecule has 106 valence electrons.